The molecule has 1 amide bonds. The molecule has 1 unspecified atom stereocenters. The predicted octanol–water partition coefficient (Wildman–Crippen LogP) is 5.80. The number of benzene rings is 3. The molecule has 7 heteroatoms. The number of aliphatic hydroxyl groups excluding tert-OH is 1. The van der Waals surface area contributed by atoms with E-state index in [2.05, 4.69) is 0 Å². The Hall–Kier alpha value is -3.28. The second kappa shape index (κ2) is 9.07. The molecule has 0 saturated heterocycles. The van der Waals surface area contributed by atoms with Gasteiger partial charge < -0.3 is 10.2 Å². The molecule has 0 fully saturated rings. The van der Waals surface area contributed by atoms with Gasteiger partial charge in [-0.1, -0.05) is 65.7 Å². The number of nitrogens with zero attached hydrogens (tertiary/aromatic N) is 1. The molecule has 0 aliphatic carbocycles. The number of aliphatic hydroxyl groups is 1. The Morgan fingerprint density at radius 2 is 1.69 bits per heavy atom. The van der Waals surface area contributed by atoms with Gasteiger partial charge in [0, 0.05) is 17.1 Å². The quantitative estimate of drug-likeness (QED) is 0.479. The average molecular weight is 468 g/mol. The van der Waals surface area contributed by atoms with Gasteiger partial charge in [-0.15, -0.1) is 0 Å². The number of phenols is 1. The van der Waals surface area contributed by atoms with Crippen LogP contribution < -0.4 is 4.90 Å². The van der Waals surface area contributed by atoms with E-state index in [9.17, 15) is 19.8 Å². The average Bonchev–Trinajstić information content (AvgIpc) is 3.05. The Labute approximate surface area is 195 Å². The van der Waals surface area contributed by atoms with Crippen LogP contribution in [0.1, 0.15) is 23.6 Å². The fourth-order valence-electron chi connectivity index (χ4n) is 3.83. The summed E-state index contributed by atoms with van der Waals surface area (Å²) in [7, 11) is 0. The van der Waals surface area contributed by atoms with E-state index in [4.69, 9.17) is 23.2 Å². The van der Waals surface area contributed by atoms with Gasteiger partial charge in [0.1, 0.15) is 5.75 Å². The molecule has 1 aliphatic heterocycles. The number of anilines is 1. The molecular weight excluding hydrogens is 449 g/mol. The highest BCUT2D eigenvalue weighted by atomic mass is 35.5. The lowest BCUT2D eigenvalue weighted by atomic mass is 9.93. The summed E-state index contributed by atoms with van der Waals surface area (Å²) in [5.74, 6) is -1.78. The number of phenolic OH excluding ortho intramolecular Hbond substituents is 1. The van der Waals surface area contributed by atoms with E-state index in [1.165, 1.54) is 17.0 Å². The van der Waals surface area contributed by atoms with Gasteiger partial charge in [0.05, 0.1) is 16.6 Å². The molecule has 0 aromatic heterocycles. The Balaban J connectivity index is 1.76. The number of aromatic hydroxyl groups is 1. The van der Waals surface area contributed by atoms with Crippen molar-refractivity contribution in [1.82, 2.24) is 0 Å². The molecule has 0 saturated carbocycles. The van der Waals surface area contributed by atoms with Gasteiger partial charge in [0.15, 0.2) is 11.5 Å². The fraction of sp³-hybridized carbons (Fsp3) is 0.120. The number of aryl methyl sites for hydroxylation is 1. The lowest BCUT2D eigenvalue weighted by Crippen LogP contribution is -2.31. The summed E-state index contributed by atoms with van der Waals surface area (Å²) in [6.07, 6.45) is 0.577. The zero-order valence-electron chi connectivity index (χ0n) is 16.8. The van der Waals surface area contributed by atoms with Crippen LogP contribution in [0.25, 0.3) is 0 Å². The van der Waals surface area contributed by atoms with Crippen molar-refractivity contribution < 1.29 is 19.8 Å². The third-order valence-electron chi connectivity index (χ3n) is 5.37. The maximum Gasteiger partial charge on any atom is 0.294 e. The van der Waals surface area contributed by atoms with E-state index in [0.29, 0.717) is 22.7 Å². The maximum atomic E-state index is 13.2. The summed E-state index contributed by atoms with van der Waals surface area (Å²) >= 11 is 12.2. The van der Waals surface area contributed by atoms with Crippen LogP contribution in [0.2, 0.25) is 10.0 Å². The molecule has 1 aliphatic rings. The Morgan fingerprint density at radius 1 is 0.938 bits per heavy atom. The van der Waals surface area contributed by atoms with Gasteiger partial charge in [-0.25, -0.2) is 0 Å². The predicted molar refractivity (Wildman–Crippen MR) is 124 cm³/mol. The molecule has 3 aromatic rings. The van der Waals surface area contributed by atoms with E-state index in [1.807, 2.05) is 30.3 Å². The highest BCUT2D eigenvalue weighted by Crippen LogP contribution is 2.43. The Morgan fingerprint density at radius 3 is 2.38 bits per heavy atom. The number of carbonyl (C=O) groups is 2. The summed E-state index contributed by atoms with van der Waals surface area (Å²) in [5.41, 5.74) is 1.87. The number of ketones is 1. The summed E-state index contributed by atoms with van der Waals surface area (Å²) in [6.45, 7) is 0. The first-order chi connectivity index (χ1) is 15.4. The first-order valence-corrected chi connectivity index (χ1v) is 10.7. The van der Waals surface area contributed by atoms with Crippen molar-refractivity contribution in [2.45, 2.75) is 18.9 Å². The van der Waals surface area contributed by atoms with Crippen molar-refractivity contribution in [3.8, 4) is 5.75 Å². The molecule has 2 N–H and O–H groups in total. The van der Waals surface area contributed by atoms with Crippen molar-refractivity contribution in [3.05, 3.63) is 105 Å². The van der Waals surface area contributed by atoms with E-state index >= 15 is 0 Å². The van der Waals surface area contributed by atoms with Crippen LogP contribution in [0.15, 0.2) is 84.1 Å². The van der Waals surface area contributed by atoms with Crippen molar-refractivity contribution in [2.24, 2.45) is 0 Å². The molecule has 1 heterocycles. The lowest BCUT2D eigenvalue weighted by molar-refractivity contribution is -0.118. The number of hydrogen-bond donors (Lipinski definition) is 2. The first-order valence-electron chi connectivity index (χ1n) is 9.94. The smallest absolute Gasteiger partial charge is 0.294 e. The lowest BCUT2D eigenvalue weighted by Gasteiger charge is -2.27. The second-order valence-corrected chi connectivity index (χ2v) is 8.28. The molecule has 162 valence electrons. The largest absolute Gasteiger partial charge is 0.506 e. The topological polar surface area (TPSA) is 77.8 Å². The Bertz CT molecular complexity index is 1220. The van der Waals surface area contributed by atoms with Crippen LogP contribution in [0.3, 0.4) is 0 Å². The van der Waals surface area contributed by atoms with E-state index in [0.717, 1.165) is 5.56 Å². The van der Waals surface area contributed by atoms with Crippen molar-refractivity contribution in [1.29, 1.82) is 0 Å². The van der Waals surface area contributed by atoms with Crippen molar-refractivity contribution >= 4 is 40.6 Å². The highest BCUT2D eigenvalue weighted by Gasteiger charge is 2.44. The van der Waals surface area contributed by atoms with Gasteiger partial charge in [-0.2, -0.15) is 0 Å². The van der Waals surface area contributed by atoms with Crippen LogP contribution in [-0.4, -0.2) is 21.9 Å². The third-order valence-corrected chi connectivity index (χ3v) is 5.90. The van der Waals surface area contributed by atoms with Gasteiger partial charge in [-0.3, -0.25) is 14.5 Å². The summed E-state index contributed by atoms with van der Waals surface area (Å²) < 4.78 is 0. The number of hydrogen-bond acceptors (Lipinski definition) is 4. The normalized spacial score (nSPS) is 16.0. The van der Waals surface area contributed by atoms with Crippen molar-refractivity contribution in [3.63, 3.8) is 0 Å². The molecule has 1 atom stereocenters. The summed E-state index contributed by atoms with van der Waals surface area (Å²) in [5, 5.41) is 21.0. The number of halogens is 2. The van der Waals surface area contributed by atoms with Crippen LogP contribution in [0, 0.1) is 0 Å². The summed E-state index contributed by atoms with van der Waals surface area (Å²) in [4.78, 5) is 27.7. The summed E-state index contributed by atoms with van der Waals surface area (Å²) in [6, 6.07) is 19.6. The van der Waals surface area contributed by atoms with E-state index in [1.54, 1.807) is 30.3 Å². The maximum absolute atomic E-state index is 13.2. The standard InChI is InChI=1S/C25H19Cl2NO4/c26-17-7-4-8-18(14-17)28-23(16-10-12-20(29)19(27)13-16)22(24(31)25(28)32)21(30)11-9-15-5-2-1-3-6-15/h1-8,10,12-14,23,29,31H,9,11H2. The van der Waals surface area contributed by atoms with E-state index < -0.39 is 17.7 Å². The molecule has 0 spiro atoms. The molecule has 0 bridgehead atoms. The van der Waals surface area contributed by atoms with Crippen LogP contribution in [-0.2, 0) is 16.0 Å². The molecule has 3 aromatic carbocycles. The van der Waals surface area contributed by atoms with Gasteiger partial charge in [-0.05, 0) is 47.9 Å². The van der Waals surface area contributed by atoms with Gasteiger partial charge in [0.2, 0.25) is 0 Å². The molecule has 0 radical (unpaired) electrons. The molecule has 4 rings (SSSR count). The zero-order chi connectivity index (χ0) is 22.8. The Kier molecular flexibility index (Phi) is 6.21. The monoisotopic (exact) mass is 467 g/mol. The third kappa shape index (κ3) is 4.22. The zero-order valence-corrected chi connectivity index (χ0v) is 18.3. The minimum atomic E-state index is -0.914. The van der Waals surface area contributed by atoms with Crippen LogP contribution in [0.5, 0.6) is 5.75 Å². The number of Topliss-reactive ketones (excluding diaryl/α,β-unsaturated/α-hetero) is 1. The van der Waals surface area contributed by atoms with Crippen molar-refractivity contribution in [2.75, 3.05) is 4.90 Å². The fourth-order valence-corrected chi connectivity index (χ4v) is 4.20. The molecular formula is C25H19Cl2NO4. The number of amides is 1. The molecule has 32 heavy (non-hydrogen) atoms. The van der Waals surface area contributed by atoms with Crippen LogP contribution >= 0.6 is 23.2 Å². The first kappa shape index (κ1) is 21.9. The highest BCUT2D eigenvalue weighted by molar-refractivity contribution is 6.32. The SMILES string of the molecule is O=C(CCc1ccccc1)C1=C(O)C(=O)N(c2cccc(Cl)c2)C1c1ccc(O)c(Cl)c1. The van der Waals surface area contributed by atoms with Gasteiger partial charge >= 0.3 is 0 Å². The minimum Gasteiger partial charge on any atom is -0.506 e. The number of rotatable bonds is 6. The number of carbonyl (C=O) groups excluding carboxylic acids is 2. The van der Waals surface area contributed by atoms with E-state index in [-0.39, 0.29) is 28.5 Å². The second-order valence-electron chi connectivity index (χ2n) is 7.44. The molecule has 5 nitrogen and oxygen atoms in total. The minimum absolute atomic E-state index is 0.00679. The van der Waals surface area contributed by atoms with Crippen LogP contribution in [0.4, 0.5) is 5.69 Å². The van der Waals surface area contributed by atoms with Gasteiger partial charge in [0.25, 0.3) is 5.91 Å².